The van der Waals surface area contributed by atoms with E-state index in [9.17, 15) is 0 Å². The number of nitrogens with two attached hydrogens (primary N) is 1. The van der Waals surface area contributed by atoms with Gasteiger partial charge >= 0.3 is 0 Å². The average Bonchev–Trinajstić information content (AvgIpc) is 2.64. The van der Waals surface area contributed by atoms with Gasteiger partial charge in [-0.15, -0.1) is 0 Å². The van der Waals surface area contributed by atoms with Gasteiger partial charge in [0, 0.05) is 18.7 Å². The van der Waals surface area contributed by atoms with Crippen LogP contribution in [0.4, 0.5) is 11.4 Å². The van der Waals surface area contributed by atoms with Crippen molar-refractivity contribution in [1.29, 1.82) is 0 Å². The quantitative estimate of drug-likeness (QED) is 0.942. The first-order valence-electron chi connectivity index (χ1n) is 8.00. The molecule has 2 N–H and O–H groups in total. The van der Waals surface area contributed by atoms with E-state index in [1.54, 1.807) is 7.11 Å². The Hall–Kier alpha value is -2.27. The van der Waals surface area contributed by atoms with Crippen molar-refractivity contribution < 1.29 is 9.47 Å². The molecule has 0 atom stereocenters. The summed E-state index contributed by atoms with van der Waals surface area (Å²) < 4.78 is 10.5. The van der Waals surface area contributed by atoms with Gasteiger partial charge in [0.1, 0.15) is 5.75 Å². The highest BCUT2D eigenvalue weighted by atomic mass is 16.5. The SMILES string of the molecule is CC.COc1ccc(-c2ncc(N3CCOCC3)cc2N)cc1. The van der Waals surface area contributed by atoms with Crippen molar-refractivity contribution in [1.82, 2.24) is 4.98 Å². The molecule has 1 aromatic heterocycles. The summed E-state index contributed by atoms with van der Waals surface area (Å²) in [5.41, 5.74) is 9.70. The molecule has 124 valence electrons. The second kappa shape index (κ2) is 8.39. The van der Waals surface area contributed by atoms with Gasteiger partial charge in [0.25, 0.3) is 0 Å². The van der Waals surface area contributed by atoms with E-state index in [4.69, 9.17) is 15.2 Å². The van der Waals surface area contributed by atoms with Crippen molar-refractivity contribution >= 4 is 11.4 Å². The zero-order valence-corrected chi connectivity index (χ0v) is 14.1. The van der Waals surface area contributed by atoms with Gasteiger partial charge < -0.3 is 20.1 Å². The molecule has 0 amide bonds. The number of nitrogen functional groups attached to an aromatic ring is 1. The second-order valence-corrected chi connectivity index (χ2v) is 4.96. The highest BCUT2D eigenvalue weighted by molar-refractivity contribution is 5.75. The van der Waals surface area contributed by atoms with Crippen molar-refractivity contribution in [2.45, 2.75) is 13.8 Å². The maximum atomic E-state index is 6.18. The summed E-state index contributed by atoms with van der Waals surface area (Å²) in [6.07, 6.45) is 1.88. The van der Waals surface area contributed by atoms with Gasteiger partial charge in [0.2, 0.25) is 0 Å². The standard InChI is InChI=1S/C16H19N3O2.C2H6/c1-20-14-4-2-12(3-5-14)16-15(17)10-13(11-18-16)19-6-8-21-9-7-19;1-2/h2-5,10-11H,6-9,17H2,1H3;1-2H3. The summed E-state index contributed by atoms with van der Waals surface area (Å²) in [7, 11) is 1.65. The predicted molar refractivity (Wildman–Crippen MR) is 95.0 cm³/mol. The average molecular weight is 315 g/mol. The highest BCUT2D eigenvalue weighted by Crippen LogP contribution is 2.28. The third-order valence-corrected chi connectivity index (χ3v) is 3.64. The van der Waals surface area contributed by atoms with Crippen LogP contribution in [0.15, 0.2) is 36.5 Å². The van der Waals surface area contributed by atoms with Crippen LogP contribution in [-0.4, -0.2) is 38.4 Å². The normalized spacial score (nSPS) is 14.0. The summed E-state index contributed by atoms with van der Waals surface area (Å²) in [5, 5.41) is 0. The lowest BCUT2D eigenvalue weighted by Gasteiger charge is -2.28. The fourth-order valence-electron chi connectivity index (χ4n) is 2.45. The van der Waals surface area contributed by atoms with Crippen molar-refractivity contribution in [2.75, 3.05) is 44.0 Å². The number of hydrogen-bond acceptors (Lipinski definition) is 5. The lowest BCUT2D eigenvalue weighted by molar-refractivity contribution is 0.122. The maximum Gasteiger partial charge on any atom is 0.118 e. The molecular formula is C18H25N3O2. The Bertz CT molecular complexity index is 608. The van der Waals surface area contributed by atoms with Gasteiger partial charge in [-0.1, -0.05) is 13.8 Å². The minimum atomic E-state index is 0.684. The first-order valence-corrected chi connectivity index (χ1v) is 8.00. The summed E-state index contributed by atoms with van der Waals surface area (Å²) in [6, 6.07) is 9.73. The molecule has 2 heterocycles. The Balaban J connectivity index is 0.000000924. The first-order chi connectivity index (χ1) is 11.3. The van der Waals surface area contributed by atoms with Gasteiger partial charge in [0.15, 0.2) is 0 Å². The van der Waals surface area contributed by atoms with Gasteiger partial charge in [-0.25, -0.2) is 0 Å². The van der Waals surface area contributed by atoms with Crippen LogP contribution in [0, 0.1) is 0 Å². The minimum Gasteiger partial charge on any atom is -0.497 e. The van der Waals surface area contributed by atoms with Gasteiger partial charge in [-0.05, 0) is 30.3 Å². The molecule has 0 saturated carbocycles. The molecule has 0 bridgehead atoms. The van der Waals surface area contributed by atoms with Crippen LogP contribution in [0.3, 0.4) is 0 Å². The van der Waals surface area contributed by atoms with Gasteiger partial charge in [0.05, 0.1) is 43.6 Å². The minimum absolute atomic E-state index is 0.684. The molecule has 1 aliphatic rings. The molecule has 23 heavy (non-hydrogen) atoms. The van der Waals surface area contributed by atoms with Crippen LogP contribution >= 0.6 is 0 Å². The Morgan fingerprint density at radius 2 is 1.78 bits per heavy atom. The molecule has 1 fully saturated rings. The molecule has 0 aliphatic carbocycles. The lowest BCUT2D eigenvalue weighted by Crippen LogP contribution is -2.36. The zero-order valence-electron chi connectivity index (χ0n) is 14.1. The number of methoxy groups -OCH3 is 1. The molecule has 3 rings (SSSR count). The molecule has 5 heteroatoms. The first kappa shape index (κ1) is 17.1. The number of anilines is 2. The van der Waals surface area contributed by atoms with E-state index >= 15 is 0 Å². The van der Waals surface area contributed by atoms with E-state index in [0.29, 0.717) is 5.69 Å². The van der Waals surface area contributed by atoms with Crippen LogP contribution in [0.1, 0.15) is 13.8 Å². The Morgan fingerprint density at radius 1 is 1.13 bits per heavy atom. The summed E-state index contributed by atoms with van der Waals surface area (Å²) in [5.74, 6) is 0.822. The predicted octanol–water partition coefficient (Wildman–Crippen LogP) is 3.20. The van der Waals surface area contributed by atoms with Gasteiger partial charge in [-0.3, -0.25) is 4.98 Å². The highest BCUT2D eigenvalue weighted by Gasteiger charge is 2.13. The molecular weight excluding hydrogens is 290 g/mol. The summed E-state index contributed by atoms with van der Waals surface area (Å²) in [6.45, 7) is 7.26. The van der Waals surface area contributed by atoms with Crippen molar-refractivity contribution in [3.8, 4) is 17.0 Å². The molecule has 0 unspecified atom stereocenters. The van der Waals surface area contributed by atoms with E-state index in [1.807, 2.05) is 50.4 Å². The second-order valence-electron chi connectivity index (χ2n) is 4.96. The van der Waals surface area contributed by atoms with E-state index in [-0.39, 0.29) is 0 Å². The maximum absolute atomic E-state index is 6.18. The fraction of sp³-hybridized carbons (Fsp3) is 0.389. The zero-order chi connectivity index (χ0) is 16.7. The molecule has 0 spiro atoms. The lowest BCUT2D eigenvalue weighted by atomic mass is 10.1. The molecule has 1 saturated heterocycles. The summed E-state index contributed by atoms with van der Waals surface area (Å²) in [4.78, 5) is 6.77. The number of aromatic nitrogens is 1. The third kappa shape index (κ3) is 4.13. The smallest absolute Gasteiger partial charge is 0.118 e. The largest absolute Gasteiger partial charge is 0.497 e. The number of nitrogens with zero attached hydrogens (tertiary/aromatic N) is 2. The van der Waals surface area contributed by atoms with Crippen LogP contribution in [0.2, 0.25) is 0 Å². The van der Waals surface area contributed by atoms with Crippen molar-refractivity contribution in [3.63, 3.8) is 0 Å². The fourth-order valence-corrected chi connectivity index (χ4v) is 2.45. The van der Waals surface area contributed by atoms with Crippen LogP contribution < -0.4 is 15.4 Å². The number of ether oxygens (including phenoxy) is 2. The van der Waals surface area contributed by atoms with Crippen LogP contribution in [0.25, 0.3) is 11.3 Å². The number of hydrogen-bond donors (Lipinski definition) is 1. The van der Waals surface area contributed by atoms with E-state index in [1.165, 1.54) is 0 Å². The summed E-state index contributed by atoms with van der Waals surface area (Å²) >= 11 is 0. The van der Waals surface area contributed by atoms with Crippen LogP contribution in [-0.2, 0) is 4.74 Å². The van der Waals surface area contributed by atoms with E-state index < -0.39 is 0 Å². The number of rotatable bonds is 3. The van der Waals surface area contributed by atoms with Gasteiger partial charge in [-0.2, -0.15) is 0 Å². The van der Waals surface area contributed by atoms with E-state index in [0.717, 1.165) is 49.0 Å². The molecule has 1 aromatic carbocycles. The molecule has 5 nitrogen and oxygen atoms in total. The van der Waals surface area contributed by atoms with E-state index in [2.05, 4.69) is 9.88 Å². The number of benzene rings is 1. The molecule has 2 aromatic rings. The molecule has 0 radical (unpaired) electrons. The third-order valence-electron chi connectivity index (χ3n) is 3.64. The van der Waals surface area contributed by atoms with Crippen molar-refractivity contribution in [2.24, 2.45) is 0 Å². The topological polar surface area (TPSA) is 60.6 Å². The van der Waals surface area contributed by atoms with Crippen molar-refractivity contribution in [3.05, 3.63) is 36.5 Å². The van der Waals surface area contributed by atoms with Crippen LogP contribution in [0.5, 0.6) is 5.75 Å². The Labute approximate surface area is 138 Å². The number of morpholine rings is 1. The Kier molecular flexibility index (Phi) is 6.23. The number of pyridine rings is 1. The molecule has 1 aliphatic heterocycles. The monoisotopic (exact) mass is 315 g/mol. The Morgan fingerprint density at radius 3 is 2.35 bits per heavy atom.